The van der Waals surface area contributed by atoms with Gasteiger partial charge in [-0.15, -0.1) is 11.3 Å². The SMILES string of the molecule is NC1CCCCC(Cc2nccs2)C1. The van der Waals surface area contributed by atoms with Crippen molar-refractivity contribution in [1.82, 2.24) is 4.98 Å². The Morgan fingerprint density at radius 3 is 3.07 bits per heavy atom. The minimum absolute atomic E-state index is 0.433. The lowest BCUT2D eigenvalue weighted by atomic mass is 9.95. The monoisotopic (exact) mass is 210 g/mol. The van der Waals surface area contributed by atoms with E-state index in [9.17, 15) is 0 Å². The average molecular weight is 210 g/mol. The van der Waals surface area contributed by atoms with Crippen LogP contribution in [0.15, 0.2) is 11.6 Å². The molecular formula is C11H18N2S. The van der Waals surface area contributed by atoms with Crippen LogP contribution < -0.4 is 5.73 Å². The van der Waals surface area contributed by atoms with E-state index < -0.39 is 0 Å². The maximum atomic E-state index is 6.04. The van der Waals surface area contributed by atoms with E-state index in [-0.39, 0.29) is 0 Å². The molecule has 2 N–H and O–H groups in total. The molecule has 0 radical (unpaired) electrons. The van der Waals surface area contributed by atoms with Crippen LogP contribution >= 0.6 is 11.3 Å². The Labute approximate surface area is 89.5 Å². The van der Waals surface area contributed by atoms with Crippen molar-refractivity contribution in [2.45, 2.75) is 44.6 Å². The summed E-state index contributed by atoms with van der Waals surface area (Å²) in [6, 6.07) is 0.433. The van der Waals surface area contributed by atoms with Crippen LogP contribution in [0, 0.1) is 5.92 Å². The van der Waals surface area contributed by atoms with E-state index in [1.807, 2.05) is 6.20 Å². The highest BCUT2D eigenvalue weighted by atomic mass is 32.1. The lowest BCUT2D eigenvalue weighted by Gasteiger charge is -2.15. The molecule has 14 heavy (non-hydrogen) atoms. The lowest BCUT2D eigenvalue weighted by molar-refractivity contribution is 0.430. The third-order valence-corrected chi connectivity index (χ3v) is 3.82. The standard InChI is InChI=1S/C11H18N2S/c12-10-4-2-1-3-9(7-10)8-11-13-5-6-14-11/h5-6,9-10H,1-4,7-8,12H2. The van der Waals surface area contributed by atoms with E-state index in [1.54, 1.807) is 11.3 Å². The topological polar surface area (TPSA) is 38.9 Å². The van der Waals surface area contributed by atoms with Crippen LogP contribution in [0.25, 0.3) is 0 Å². The van der Waals surface area contributed by atoms with Crippen molar-refractivity contribution in [2.75, 3.05) is 0 Å². The molecule has 0 aromatic carbocycles. The summed E-state index contributed by atoms with van der Waals surface area (Å²) in [5.74, 6) is 0.777. The Morgan fingerprint density at radius 2 is 2.29 bits per heavy atom. The first-order valence-corrected chi connectivity index (χ1v) is 6.36. The molecule has 0 aliphatic heterocycles. The summed E-state index contributed by atoms with van der Waals surface area (Å²) >= 11 is 1.77. The predicted octanol–water partition coefficient (Wildman–Crippen LogP) is 2.59. The Balaban J connectivity index is 1.90. The first kappa shape index (κ1) is 10.1. The zero-order valence-electron chi connectivity index (χ0n) is 8.48. The predicted molar refractivity (Wildman–Crippen MR) is 60.4 cm³/mol. The van der Waals surface area contributed by atoms with Gasteiger partial charge in [0.1, 0.15) is 0 Å². The second-order valence-electron chi connectivity index (χ2n) is 4.28. The van der Waals surface area contributed by atoms with Crippen LogP contribution in [0.5, 0.6) is 0 Å². The summed E-state index contributed by atoms with van der Waals surface area (Å²) in [6.07, 6.45) is 9.46. The third-order valence-electron chi connectivity index (χ3n) is 3.02. The van der Waals surface area contributed by atoms with Crippen molar-refractivity contribution in [1.29, 1.82) is 0 Å². The van der Waals surface area contributed by atoms with Crippen LogP contribution in [0.4, 0.5) is 0 Å². The Bertz CT molecular complexity index is 258. The van der Waals surface area contributed by atoms with Gasteiger partial charge in [-0.25, -0.2) is 4.98 Å². The lowest BCUT2D eigenvalue weighted by Crippen LogP contribution is -2.22. The van der Waals surface area contributed by atoms with Gasteiger partial charge in [0.15, 0.2) is 0 Å². The van der Waals surface area contributed by atoms with Crippen molar-refractivity contribution in [2.24, 2.45) is 11.7 Å². The molecule has 2 nitrogen and oxygen atoms in total. The molecule has 1 aliphatic carbocycles. The second kappa shape index (κ2) is 4.89. The van der Waals surface area contributed by atoms with E-state index in [2.05, 4.69) is 10.4 Å². The Kier molecular flexibility index (Phi) is 3.54. The molecule has 1 aromatic heterocycles. The molecule has 2 unspecified atom stereocenters. The molecule has 0 spiro atoms. The maximum Gasteiger partial charge on any atom is 0.0927 e. The number of rotatable bonds is 2. The fraction of sp³-hybridized carbons (Fsp3) is 0.727. The molecule has 1 fully saturated rings. The van der Waals surface area contributed by atoms with Crippen molar-refractivity contribution >= 4 is 11.3 Å². The van der Waals surface area contributed by atoms with E-state index in [0.717, 1.165) is 12.3 Å². The van der Waals surface area contributed by atoms with Crippen LogP contribution in [0.1, 0.15) is 37.1 Å². The number of aromatic nitrogens is 1. The maximum absolute atomic E-state index is 6.04. The van der Waals surface area contributed by atoms with E-state index >= 15 is 0 Å². The molecule has 78 valence electrons. The fourth-order valence-corrected chi connectivity index (χ4v) is 3.02. The van der Waals surface area contributed by atoms with E-state index in [0.29, 0.717) is 6.04 Å². The molecule has 1 aromatic rings. The van der Waals surface area contributed by atoms with E-state index in [4.69, 9.17) is 5.73 Å². The molecule has 3 heteroatoms. The normalized spacial score (nSPS) is 28.6. The zero-order chi connectivity index (χ0) is 9.80. The van der Waals surface area contributed by atoms with Crippen LogP contribution in [-0.2, 0) is 6.42 Å². The molecule has 0 amide bonds. The summed E-state index contributed by atoms with van der Waals surface area (Å²) in [4.78, 5) is 4.34. The summed E-state index contributed by atoms with van der Waals surface area (Å²) in [5.41, 5.74) is 6.04. The molecule has 2 atom stereocenters. The summed E-state index contributed by atoms with van der Waals surface area (Å²) < 4.78 is 0. The second-order valence-corrected chi connectivity index (χ2v) is 5.26. The molecular weight excluding hydrogens is 192 g/mol. The summed E-state index contributed by atoms with van der Waals surface area (Å²) in [6.45, 7) is 0. The first-order valence-electron chi connectivity index (χ1n) is 5.48. The van der Waals surface area contributed by atoms with Gasteiger partial charge < -0.3 is 5.73 Å². The van der Waals surface area contributed by atoms with Gasteiger partial charge in [0.05, 0.1) is 5.01 Å². The van der Waals surface area contributed by atoms with Gasteiger partial charge in [-0.1, -0.05) is 12.8 Å². The van der Waals surface area contributed by atoms with Crippen molar-refractivity contribution in [3.05, 3.63) is 16.6 Å². The number of nitrogens with two attached hydrogens (primary N) is 1. The van der Waals surface area contributed by atoms with Crippen LogP contribution in [0.3, 0.4) is 0 Å². The molecule has 1 heterocycles. The summed E-state index contributed by atoms with van der Waals surface area (Å²) in [7, 11) is 0. The van der Waals surface area contributed by atoms with Crippen molar-refractivity contribution in [3.8, 4) is 0 Å². The number of hydrogen-bond acceptors (Lipinski definition) is 3. The Hall–Kier alpha value is -0.410. The highest BCUT2D eigenvalue weighted by Gasteiger charge is 2.18. The Morgan fingerprint density at radius 1 is 1.43 bits per heavy atom. The quantitative estimate of drug-likeness (QED) is 0.762. The van der Waals surface area contributed by atoms with Crippen molar-refractivity contribution < 1.29 is 0 Å². The van der Waals surface area contributed by atoms with Crippen molar-refractivity contribution in [3.63, 3.8) is 0 Å². The number of hydrogen-bond donors (Lipinski definition) is 1. The highest BCUT2D eigenvalue weighted by molar-refractivity contribution is 7.09. The van der Waals surface area contributed by atoms with Crippen LogP contribution in [0.2, 0.25) is 0 Å². The summed E-state index contributed by atoms with van der Waals surface area (Å²) in [5, 5.41) is 3.34. The fourth-order valence-electron chi connectivity index (χ4n) is 2.29. The van der Waals surface area contributed by atoms with Gasteiger partial charge in [0.25, 0.3) is 0 Å². The van der Waals surface area contributed by atoms with Gasteiger partial charge in [0.2, 0.25) is 0 Å². The molecule has 1 saturated carbocycles. The smallest absolute Gasteiger partial charge is 0.0927 e. The zero-order valence-corrected chi connectivity index (χ0v) is 9.30. The van der Waals surface area contributed by atoms with Gasteiger partial charge >= 0.3 is 0 Å². The van der Waals surface area contributed by atoms with Gasteiger partial charge in [-0.05, 0) is 25.2 Å². The molecule has 2 rings (SSSR count). The van der Waals surface area contributed by atoms with Gasteiger partial charge in [0, 0.05) is 24.0 Å². The largest absolute Gasteiger partial charge is 0.328 e. The third kappa shape index (κ3) is 2.79. The van der Waals surface area contributed by atoms with Crippen LogP contribution in [-0.4, -0.2) is 11.0 Å². The highest BCUT2D eigenvalue weighted by Crippen LogP contribution is 2.26. The van der Waals surface area contributed by atoms with Gasteiger partial charge in [-0.2, -0.15) is 0 Å². The first-order chi connectivity index (χ1) is 6.84. The molecule has 0 bridgehead atoms. The average Bonchev–Trinajstić information content (AvgIpc) is 2.56. The number of nitrogens with zero attached hydrogens (tertiary/aromatic N) is 1. The molecule has 1 aliphatic rings. The van der Waals surface area contributed by atoms with Gasteiger partial charge in [-0.3, -0.25) is 0 Å². The van der Waals surface area contributed by atoms with E-state index in [1.165, 1.54) is 37.1 Å². The minimum Gasteiger partial charge on any atom is -0.328 e. The minimum atomic E-state index is 0.433. The number of thiazole rings is 1. The molecule has 0 saturated heterocycles.